The van der Waals surface area contributed by atoms with Crippen molar-refractivity contribution >= 4 is 39.4 Å². The van der Waals surface area contributed by atoms with Gasteiger partial charge in [0, 0.05) is 0 Å². The van der Waals surface area contributed by atoms with Gasteiger partial charge in [0.2, 0.25) is 10.0 Å². The number of anilines is 1. The van der Waals surface area contributed by atoms with Crippen molar-refractivity contribution in [2.24, 2.45) is 5.10 Å². The second-order valence-corrected chi connectivity index (χ2v) is 9.31. The van der Waals surface area contributed by atoms with Crippen LogP contribution in [-0.2, 0) is 21.0 Å². The quantitative estimate of drug-likeness (QED) is 0.293. The third-order valence-corrected chi connectivity index (χ3v) is 5.73. The summed E-state index contributed by atoms with van der Waals surface area (Å²) in [6.45, 7) is 1.84. The summed E-state index contributed by atoms with van der Waals surface area (Å²) >= 11 is 5.92. The van der Waals surface area contributed by atoms with Gasteiger partial charge < -0.3 is 4.74 Å². The maximum atomic E-state index is 13.0. The standard InChI is InChI=1S/C21H23ClF3N3O4S/c1-3-4-11-32-17-8-5-15(6-9-17)13-26-27-20(29)14-28(33(2,30)31)19-12-16(21(23,24)25)7-10-18(19)22/h5-10,12-13H,3-4,11,14H2,1-2H3,(H,27,29)/b26-13+. The summed E-state index contributed by atoms with van der Waals surface area (Å²) in [6, 6.07) is 9.11. The minimum absolute atomic E-state index is 0.258. The van der Waals surface area contributed by atoms with Crippen molar-refractivity contribution in [3.8, 4) is 5.75 Å². The molecule has 0 spiro atoms. The number of benzene rings is 2. The first-order chi connectivity index (χ1) is 15.4. The van der Waals surface area contributed by atoms with E-state index in [-0.39, 0.29) is 5.02 Å². The zero-order valence-corrected chi connectivity index (χ0v) is 19.5. The monoisotopic (exact) mass is 505 g/mol. The number of hydrazone groups is 1. The maximum Gasteiger partial charge on any atom is 0.416 e. The van der Waals surface area contributed by atoms with E-state index in [2.05, 4.69) is 17.5 Å². The second-order valence-electron chi connectivity index (χ2n) is 7.00. The molecule has 1 N–H and O–H groups in total. The predicted molar refractivity (Wildman–Crippen MR) is 121 cm³/mol. The maximum absolute atomic E-state index is 13.0. The fourth-order valence-corrected chi connectivity index (χ4v) is 3.72. The number of unbranched alkanes of at least 4 members (excludes halogenated alkanes) is 1. The van der Waals surface area contributed by atoms with E-state index < -0.39 is 39.9 Å². The van der Waals surface area contributed by atoms with Gasteiger partial charge in [-0.25, -0.2) is 13.8 Å². The fourth-order valence-electron chi connectivity index (χ4n) is 2.59. The van der Waals surface area contributed by atoms with Gasteiger partial charge >= 0.3 is 6.18 Å². The highest BCUT2D eigenvalue weighted by atomic mass is 35.5. The average molecular weight is 506 g/mol. The lowest BCUT2D eigenvalue weighted by molar-refractivity contribution is -0.137. The summed E-state index contributed by atoms with van der Waals surface area (Å²) < 4.78 is 69.4. The number of nitrogens with one attached hydrogen (secondary N) is 1. The molecule has 0 aliphatic heterocycles. The minimum Gasteiger partial charge on any atom is -0.494 e. The van der Waals surface area contributed by atoms with Gasteiger partial charge in [-0.2, -0.15) is 18.3 Å². The van der Waals surface area contributed by atoms with E-state index in [4.69, 9.17) is 16.3 Å². The van der Waals surface area contributed by atoms with Crippen molar-refractivity contribution < 1.29 is 31.1 Å². The van der Waals surface area contributed by atoms with Gasteiger partial charge in [0.05, 0.1) is 35.4 Å². The number of hydrogen-bond acceptors (Lipinski definition) is 5. The lowest BCUT2D eigenvalue weighted by Crippen LogP contribution is -2.39. The van der Waals surface area contributed by atoms with Crippen molar-refractivity contribution in [2.45, 2.75) is 25.9 Å². The van der Waals surface area contributed by atoms with Crippen LogP contribution in [0.3, 0.4) is 0 Å². The smallest absolute Gasteiger partial charge is 0.416 e. The molecule has 0 heterocycles. The number of nitrogens with zero attached hydrogens (tertiary/aromatic N) is 2. The number of carbonyl (C=O) groups is 1. The van der Waals surface area contributed by atoms with Crippen LogP contribution in [0.4, 0.5) is 18.9 Å². The Labute approximate surface area is 195 Å². The number of carbonyl (C=O) groups excluding carboxylic acids is 1. The highest BCUT2D eigenvalue weighted by Gasteiger charge is 2.33. The highest BCUT2D eigenvalue weighted by molar-refractivity contribution is 7.92. The zero-order valence-electron chi connectivity index (χ0n) is 17.9. The molecule has 0 aliphatic carbocycles. The van der Waals surface area contributed by atoms with E-state index in [1.54, 1.807) is 24.3 Å². The zero-order chi connectivity index (χ0) is 24.6. The molecule has 0 fully saturated rings. The summed E-state index contributed by atoms with van der Waals surface area (Å²) in [7, 11) is -4.13. The molecule has 0 bridgehead atoms. The lowest BCUT2D eigenvalue weighted by Gasteiger charge is -2.23. The van der Waals surface area contributed by atoms with Crippen LogP contribution in [0.15, 0.2) is 47.6 Å². The first-order valence-corrected chi connectivity index (χ1v) is 12.0. The van der Waals surface area contributed by atoms with E-state index in [0.717, 1.165) is 31.2 Å². The van der Waals surface area contributed by atoms with E-state index in [9.17, 15) is 26.4 Å². The molecule has 0 unspecified atom stereocenters. The Balaban J connectivity index is 2.08. The molecule has 0 saturated carbocycles. The van der Waals surface area contributed by atoms with Crippen molar-refractivity contribution in [1.29, 1.82) is 0 Å². The van der Waals surface area contributed by atoms with Crippen LogP contribution in [0.5, 0.6) is 5.75 Å². The number of ether oxygens (including phenoxy) is 1. The third-order valence-electron chi connectivity index (χ3n) is 4.28. The molecule has 2 aromatic rings. The van der Waals surface area contributed by atoms with Crippen molar-refractivity contribution in [3.63, 3.8) is 0 Å². The number of halogens is 4. The molecule has 2 rings (SSSR count). The Morgan fingerprint density at radius 1 is 1.21 bits per heavy atom. The van der Waals surface area contributed by atoms with Crippen LogP contribution in [-0.4, -0.2) is 39.9 Å². The topological polar surface area (TPSA) is 88.1 Å². The largest absolute Gasteiger partial charge is 0.494 e. The van der Waals surface area contributed by atoms with Gasteiger partial charge in [0.15, 0.2) is 0 Å². The molecule has 2 aromatic carbocycles. The van der Waals surface area contributed by atoms with Crippen LogP contribution in [0, 0.1) is 0 Å². The Morgan fingerprint density at radius 3 is 2.45 bits per heavy atom. The van der Waals surface area contributed by atoms with Crippen LogP contribution >= 0.6 is 11.6 Å². The van der Waals surface area contributed by atoms with Crippen molar-refractivity contribution in [1.82, 2.24) is 5.43 Å². The summed E-state index contributed by atoms with van der Waals surface area (Å²) in [5, 5.41) is 3.50. The van der Waals surface area contributed by atoms with E-state index in [1.165, 1.54) is 6.21 Å². The van der Waals surface area contributed by atoms with Crippen LogP contribution in [0.2, 0.25) is 5.02 Å². The molecule has 0 atom stereocenters. The number of sulfonamides is 1. The molecule has 7 nitrogen and oxygen atoms in total. The Morgan fingerprint density at radius 2 is 1.88 bits per heavy atom. The van der Waals surface area contributed by atoms with Crippen molar-refractivity contribution in [3.05, 3.63) is 58.6 Å². The molecule has 12 heteroatoms. The van der Waals surface area contributed by atoms with Crippen LogP contribution in [0.1, 0.15) is 30.9 Å². The van der Waals surface area contributed by atoms with E-state index in [1.807, 2.05) is 0 Å². The molecule has 0 radical (unpaired) electrons. The SMILES string of the molecule is CCCCOc1ccc(/C=N/NC(=O)CN(c2cc(C(F)(F)F)ccc2Cl)S(C)(=O)=O)cc1. The summed E-state index contributed by atoms with van der Waals surface area (Å²) in [6.07, 6.45) is -0.682. The molecule has 1 amide bonds. The van der Waals surface area contributed by atoms with E-state index >= 15 is 0 Å². The van der Waals surface area contributed by atoms with Crippen molar-refractivity contribution in [2.75, 3.05) is 23.7 Å². The second kappa shape index (κ2) is 11.4. The van der Waals surface area contributed by atoms with Gasteiger partial charge in [-0.05, 0) is 54.4 Å². The summed E-state index contributed by atoms with van der Waals surface area (Å²) in [5.74, 6) is -0.184. The molecule has 0 aromatic heterocycles. The fraction of sp³-hybridized carbons (Fsp3) is 0.333. The van der Waals surface area contributed by atoms with Crippen LogP contribution in [0.25, 0.3) is 0 Å². The Hall–Kier alpha value is -2.79. The number of alkyl halides is 3. The molecular weight excluding hydrogens is 483 g/mol. The van der Waals surface area contributed by atoms with Gasteiger partial charge in [0.1, 0.15) is 12.3 Å². The number of hydrogen-bond donors (Lipinski definition) is 1. The van der Waals surface area contributed by atoms with Gasteiger partial charge in [-0.1, -0.05) is 24.9 Å². The molecule has 0 saturated heterocycles. The minimum atomic E-state index is -4.72. The molecule has 0 aliphatic rings. The van der Waals surface area contributed by atoms with Crippen LogP contribution < -0.4 is 14.5 Å². The summed E-state index contributed by atoms with van der Waals surface area (Å²) in [4.78, 5) is 12.2. The first-order valence-electron chi connectivity index (χ1n) is 9.81. The Bertz CT molecular complexity index is 1090. The lowest BCUT2D eigenvalue weighted by atomic mass is 10.2. The number of amides is 1. The predicted octanol–water partition coefficient (Wildman–Crippen LogP) is 4.45. The molecule has 33 heavy (non-hydrogen) atoms. The molecule has 180 valence electrons. The first kappa shape index (κ1) is 26.5. The van der Waals surface area contributed by atoms with Gasteiger partial charge in [0.25, 0.3) is 5.91 Å². The number of rotatable bonds is 10. The summed E-state index contributed by atoms with van der Waals surface area (Å²) in [5.41, 5.74) is 1.22. The highest BCUT2D eigenvalue weighted by Crippen LogP contribution is 2.36. The van der Waals surface area contributed by atoms with Gasteiger partial charge in [-0.3, -0.25) is 9.10 Å². The molecular formula is C21H23ClF3N3O4S. The van der Waals surface area contributed by atoms with Gasteiger partial charge in [-0.15, -0.1) is 0 Å². The normalized spacial score (nSPS) is 12.1. The Kier molecular flexibility index (Phi) is 9.12. The van der Waals surface area contributed by atoms with E-state index in [0.29, 0.717) is 28.3 Å². The third kappa shape index (κ3) is 8.25. The average Bonchev–Trinajstić information content (AvgIpc) is 2.72.